The zero-order valence-corrected chi connectivity index (χ0v) is 9.85. The number of aliphatic hydroxyl groups is 1. The molecule has 0 saturated heterocycles. The Labute approximate surface area is 99.3 Å². The van der Waals surface area contributed by atoms with Gasteiger partial charge in [-0.15, -0.1) is 0 Å². The Morgan fingerprint density at radius 3 is 2.35 bits per heavy atom. The Hall–Kier alpha value is -0.330. The minimum absolute atomic E-state index is 0.0151. The minimum atomic E-state index is -4.26. The van der Waals surface area contributed by atoms with Crippen molar-refractivity contribution >= 4 is 0 Å². The van der Waals surface area contributed by atoms with E-state index in [1.807, 2.05) is 0 Å². The first-order valence-electron chi connectivity index (χ1n) is 5.98. The molecular weight excluding hydrogens is 235 g/mol. The summed E-state index contributed by atoms with van der Waals surface area (Å²) in [5, 5.41) is 12.5. The molecular formula is C11H20F3NO2. The molecule has 0 atom stereocenters. The van der Waals surface area contributed by atoms with Crippen molar-refractivity contribution < 1.29 is 23.0 Å². The lowest BCUT2D eigenvalue weighted by molar-refractivity contribution is -0.173. The fourth-order valence-corrected chi connectivity index (χ4v) is 2.20. The van der Waals surface area contributed by atoms with E-state index in [0.717, 1.165) is 32.1 Å². The fraction of sp³-hybridized carbons (Fsp3) is 1.00. The van der Waals surface area contributed by atoms with Gasteiger partial charge in [0, 0.05) is 12.1 Å². The summed E-state index contributed by atoms with van der Waals surface area (Å²) in [4.78, 5) is 0. The van der Waals surface area contributed by atoms with Crippen LogP contribution in [0.2, 0.25) is 0 Å². The van der Waals surface area contributed by atoms with Gasteiger partial charge in [-0.3, -0.25) is 0 Å². The second-order valence-corrected chi connectivity index (χ2v) is 4.59. The first-order valence-corrected chi connectivity index (χ1v) is 5.98. The number of rotatable bonds is 6. The molecule has 0 bridgehead atoms. The zero-order valence-electron chi connectivity index (χ0n) is 9.85. The molecule has 0 radical (unpaired) electrons. The van der Waals surface area contributed by atoms with Crippen LogP contribution in [0, 0.1) is 0 Å². The maximum atomic E-state index is 11.8. The van der Waals surface area contributed by atoms with E-state index in [0.29, 0.717) is 6.54 Å². The number of hydrogen-bond acceptors (Lipinski definition) is 3. The molecule has 3 nitrogen and oxygen atoms in total. The molecule has 1 aliphatic carbocycles. The molecule has 0 aromatic carbocycles. The van der Waals surface area contributed by atoms with Crippen molar-refractivity contribution in [1.82, 2.24) is 5.32 Å². The van der Waals surface area contributed by atoms with Gasteiger partial charge < -0.3 is 15.2 Å². The minimum Gasteiger partial charge on any atom is -0.394 e. The van der Waals surface area contributed by atoms with Crippen molar-refractivity contribution in [2.45, 2.75) is 43.8 Å². The molecule has 2 N–H and O–H groups in total. The number of alkyl halides is 3. The van der Waals surface area contributed by atoms with Crippen LogP contribution in [0.4, 0.5) is 13.2 Å². The Morgan fingerprint density at radius 2 is 1.82 bits per heavy atom. The van der Waals surface area contributed by atoms with Crippen molar-refractivity contribution in [1.29, 1.82) is 0 Å². The van der Waals surface area contributed by atoms with E-state index in [-0.39, 0.29) is 18.8 Å². The predicted molar refractivity (Wildman–Crippen MR) is 57.8 cm³/mol. The maximum Gasteiger partial charge on any atom is 0.411 e. The zero-order chi connectivity index (χ0) is 12.8. The Morgan fingerprint density at radius 1 is 1.18 bits per heavy atom. The summed E-state index contributed by atoms with van der Waals surface area (Å²) in [5.41, 5.74) is -0.306. The van der Waals surface area contributed by atoms with Gasteiger partial charge in [-0.05, 0) is 12.8 Å². The van der Waals surface area contributed by atoms with Gasteiger partial charge in [0.2, 0.25) is 0 Å². The second-order valence-electron chi connectivity index (χ2n) is 4.59. The van der Waals surface area contributed by atoms with Crippen molar-refractivity contribution in [2.75, 3.05) is 26.4 Å². The van der Waals surface area contributed by atoms with Gasteiger partial charge in [-0.2, -0.15) is 13.2 Å². The van der Waals surface area contributed by atoms with Gasteiger partial charge >= 0.3 is 6.18 Å². The Balaban J connectivity index is 2.15. The maximum absolute atomic E-state index is 11.8. The van der Waals surface area contributed by atoms with E-state index in [4.69, 9.17) is 0 Å². The third-order valence-corrected chi connectivity index (χ3v) is 3.13. The molecule has 1 fully saturated rings. The van der Waals surface area contributed by atoms with Crippen LogP contribution in [0.15, 0.2) is 0 Å². The number of aliphatic hydroxyl groups excluding tert-OH is 1. The SMILES string of the molecule is OCC1(NCCOCC(F)(F)F)CCCCC1. The van der Waals surface area contributed by atoms with Gasteiger partial charge in [0.25, 0.3) is 0 Å². The van der Waals surface area contributed by atoms with Crippen LogP contribution < -0.4 is 5.32 Å². The molecule has 0 aromatic heterocycles. The molecule has 0 spiro atoms. The largest absolute Gasteiger partial charge is 0.411 e. The highest BCUT2D eigenvalue weighted by atomic mass is 19.4. The Bertz CT molecular complexity index is 215. The predicted octanol–water partition coefficient (Wildman–Crippen LogP) is 1.85. The first kappa shape index (κ1) is 14.7. The van der Waals surface area contributed by atoms with Crippen molar-refractivity contribution in [3.05, 3.63) is 0 Å². The number of ether oxygens (including phenoxy) is 1. The lowest BCUT2D eigenvalue weighted by Crippen LogP contribution is -2.51. The smallest absolute Gasteiger partial charge is 0.394 e. The molecule has 6 heteroatoms. The van der Waals surface area contributed by atoms with Gasteiger partial charge in [-0.25, -0.2) is 0 Å². The van der Waals surface area contributed by atoms with E-state index in [2.05, 4.69) is 10.1 Å². The van der Waals surface area contributed by atoms with Crippen molar-refractivity contribution in [3.63, 3.8) is 0 Å². The van der Waals surface area contributed by atoms with Crippen molar-refractivity contribution in [3.8, 4) is 0 Å². The molecule has 0 aromatic rings. The summed E-state index contributed by atoms with van der Waals surface area (Å²) >= 11 is 0. The van der Waals surface area contributed by atoms with Crippen LogP contribution in [-0.4, -0.2) is 43.2 Å². The van der Waals surface area contributed by atoms with E-state index in [1.165, 1.54) is 0 Å². The molecule has 0 amide bonds. The lowest BCUT2D eigenvalue weighted by atomic mass is 9.82. The third-order valence-electron chi connectivity index (χ3n) is 3.13. The lowest BCUT2D eigenvalue weighted by Gasteiger charge is -2.36. The molecule has 1 saturated carbocycles. The second kappa shape index (κ2) is 6.56. The van der Waals surface area contributed by atoms with Crippen LogP contribution in [0.1, 0.15) is 32.1 Å². The average molecular weight is 255 g/mol. The fourth-order valence-electron chi connectivity index (χ4n) is 2.20. The van der Waals surface area contributed by atoms with Gasteiger partial charge in [0.15, 0.2) is 0 Å². The van der Waals surface area contributed by atoms with Crippen LogP contribution in [0.3, 0.4) is 0 Å². The summed E-state index contributed by atoms with van der Waals surface area (Å²) in [6.07, 6.45) is 0.757. The summed E-state index contributed by atoms with van der Waals surface area (Å²) < 4.78 is 39.9. The highest BCUT2D eigenvalue weighted by molar-refractivity contribution is 4.90. The van der Waals surface area contributed by atoms with Crippen LogP contribution in [0.5, 0.6) is 0 Å². The van der Waals surface area contributed by atoms with Crippen LogP contribution >= 0.6 is 0 Å². The summed E-state index contributed by atoms with van der Waals surface area (Å²) in [5.74, 6) is 0. The van der Waals surface area contributed by atoms with Gasteiger partial charge in [-0.1, -0.05) is 19.3 Å². The van der Waals surface area contributed by atoms with Crippen LogP contribution in [0.25, 0.3) is 0 Å². The molecule has 102 valence electrons. The molecule has 17 heavy (non-hydrogen) atoms. The molecule has 0 aliphatic heterocycles. The van der Waals surface area contributed by atoms with Crippen molar-refractivity contribution in [2.24, 2.45) is 0 Å². The topological polar surface area (TPSA) is 41.5 Å². The summed E-state index contributed by atoms with van der Waals surface area (Å²) in [7, 11) is 0. The average Bonchev–Trinajstić information content (AvgIpc) is 2.28. The number of nitrogens with one attached hydrogen (secondary N) is 1. The quantitative estimate of drug-likeness (QED) is 0.712. The normalized spacial score (nSPS) is 20.5. The highest BCUT2D eigenvalue weighted by Gasteiger charge is 2.31. The third kappa shape index (κ3) is 5.70. The Kier molecular flexibility index (Phi) is 5.69. The molecule has 0 unspecified atom stereocenters. The molecule has 1 rings (SSSR count). The van der Waals surface area contributed by atoms with E-state index >= 15 is 0 Å². The van der Waals surface area contributed by atoms with Gasteiger partial charge in [0.1, 0.15) is 6.61 Å². The number of hydrogen-bond donors (Lipinski definition) is 2. The molecule has 0 heterocycles. The van der Waals surface area contributed by atoms with E-state index < -0.39 is 12.8 Å². The first-order chi connectivity index (χ1) is 7.97. The van der Waals surface area contributed by atoms with Crippen LogP contribution in [-0.2, 0) is 4.74 Å². The molecule has 1 aliphatic rings. The summed E-state index contributed by atoms with van der Waals surface area (Å²) in [6, 6.07) is 0. The summed E-state index contributed by atoms with van der Waals surface area (Å²) in [6.45, 7) is -0.815. The number of halogens is 3. The standard InChI is InChI=1S/C11H20F3NO2/c12-11(13,14)9-17-7-6-15-10(8-16)4-2-1-3-5-10/h15-16H,1-9H2. The highest BCUT2D eigenvalue weighted by Crippen LogP contribution is 2.27. The van der Waals surface area contributed by atoms with E-state index in [1.54, 1.807) is 0 Å². The van der Waals surface area contributed by atoms with Gasteiger partial charge in [0.05, 0.1) is 13.2 Å². The van der Waals surface area contributed by atoms with E-state index in [9.17, 15) is 18.3 Å². The monoisotopic (exact) mass is 255 g/mol.